The van der Waals surface area contributed by atoms with Crippen LogP contribution in [0.4, 0.5) is 18.3 Å². The Morgan fingerprint density at radius 1 is 1.11 bits per heavy atom. The van der Waals surface area contributed by atoms with Crippen molar-refractivity contribution in [3.05, 3.63) is 59.4 Å². The molecule has 4 aromatic rings. The number of anilines is 1. The number of alkyl halides is 3. The van der Waals surface area contributed by atoms with E-state index in [4.69, 9.17) is 14.2 Å². The van der Waals surface area contributed by atoms with Gasteiger partial charge in [0.2, 0.25) is 0 Å². The summed E-state index contributed by atoms with van der Waals surface area (Å²) in [5, 5.41) is 7.52. The highest BCUT2D eigenvalue weighted by molar-refractivity contribution is 7.22. The molecule has 6 rings (SSSR count). The number of nitrogens with zero attached hydrogens (tertiary/aromatic N) is 3. The molecule has 1 amide bonds. The lowest BCUT2D eigenvalue weighted by molar-refractivity contribution is -0.274. The van der Waals surface area contributed by atoms with E-state index in [1.54, 1.807) is 24.3 Å². The van der Waals surface area contributed by atoms with Crippen LogP contribution in [-0.4, -0.2) is 61.2 Å². The van der Waals surface area contributed by atoms with E-state index in [1.807, 2.05) is 0 Å². The number of rotatable bonds is 10. The first kappa shape index (κ1) is 29.9. The quantitative estimate of drug-likeness (QED) is 0.217. The standard InChI is InChI=1S/C30H29F3N4O6S/c1-40-25(38)15-34-28(39)18-8-9-22-24(14-18)44-29(35-22)37-12-10-19(11-13-37)41-16-21-26(36-43-27(21)17-6-7-17)20-4-2-3-5-23(20)42-30(31,32)33/h2-5,8-9,14,17,19H,6-7,10-13,15-16H2,1H3,(H,34,39). The van der Waals surface area contributed by atoms with Gasteiger partial charge in [0.25, 0.3) is 5.91 Å². The number of piperidine rings is 1. The molecule has 1 saturated heterocycles. The van der Waals surface area contributed by atoms with Gasteiger partial charge < -0.3 is 29.0 Å². The number of halogens is 3. The largest absolute Gasteiger partial charge is 0.573 e. The predicted octanol–water partition coefficient (Wildman–Crippen LogP) is 5.82. The Morgan fingerprint density at radius 3 is 2.61 bits per heavy atom. The number of esters is 1. The number of hydrogen-bond donors (Lipinski definition) is 1. The number of aromatic nitrogens is 2. The van der Waals surface area contributed by atoms with Gasteiger partial charge in [-0.1, -0.05) is 28.6 Å². The molecule has 0 spiro atoms. The third kappa shape index (κ3) is 6.81. The summed E-state index contributed by atoms with van der Waals surface area (Å²) >= 11 is 1.48. The number of ether oxygens (including phenoxy) is 3. The third-order valence-corrected chi connectivity index (χ3v) is 8.65. The summed E-state index contributed by atoms with van der Waals surface area (Å²) in [4.78, 5) is 30.7. The molecule has 10 nitrogen and oxygen atoms in total. The number of carbonyl (C=O) groups excluding carboxylic acids is 2. The molecular formula is C30H29F3N4O6S. The van der Waals surface area contributed by atoms with Crippen LogP contribution in [0.15, 0.2) is 47.0 Å². The molecule has 2 aromatic carbocycles. The molecule has 0 bridgehead atoms. The predicted molar refractivity (Wildman–Crippen MR) is 155 cm³/mol. The van der Waals surface area contributed by atoms with Gasteiger partial charge in [-0.05, 0) is 56.0 Å². The van der Waals surface area contributed by atoms with Gasteiger partial charge in [-0.2, -0.15) is 0 Å². The molecule has 14 heteroatoms. The molecule has 2 fully saturated rings. The van der Waals surface area contributed by atoms with Crippen LogP contribution in [0.3, 0.4) is 0 Å². The Morgan fingerprint density at radius 2 is 1.89 bits per heavy atom. The molecule has 3 heterocycles. The minimum atomic E-state index is -4.84. The van der Waals surface area contributed by atoms with E-state index in [0.717, 1.165) is 41.0 Å². The maximum absolute atomic E-state index is 13.1. The number of amides is 1. The Balaban J connectivity index is 1.10. The molecule has 232 valence electrons. The van der Waals surface area contributed by atoms with Gasteiger partial charge in [-0.15, -0.1) is 13.2 Å². The molecule has 0 unspecified atom stereocenters. The number of thiazole rings is 1. The SMILES string of the molecule is COC(=O)CNC(=O)c1ccc2nc(N3CCC(OCc4c(-c5ccccc5OC(F)(F)F)noc4C4CC4)CC3)sc2c1. The zero-order valence-electron chi connectivity index (χ0n) is 23.7. The van der Waals surface area contributed by atoms with Crippen molar-refractivity contribution in [2.75, 3.05) is 31.6 Å². The summed E-state index contributed by atoms with van der Waals surface area (Å²) in [5.41, 5.74) is 2.36. The first-order chi connectivity index (χ1) is 21.2. The lowest BCUT2D eigenvalue weighted by atomic mass is 10.0. The van der Waals surface area contributed by atoms with Crippen LogP contribution in [0.1, 0.15) is 53.3 Å². The van der Waals surface area contributed by atoms with Gasteiger partial charge in [0.15, 0.2) is 5.13 Å². The molecule has 2 aromatic heterocycles. The molecular weight excluding hydrogens is 601 g/mol. The van der Waals surface area contributed by atoms with E-state index in [2.05, 4.69) is 24.8 Å². The Labute approximate surface area is 254 Å². The molecule has 1 aliphatic heterocycles. The highest BCUT2D eigenvalue weighted by Crippen LogP contribution is 2.46. The summed E-state index contributed by atoms with van der Waals surface area (Å²) in [6.45, 7) is 1.35. The van der Waals surface area contributed by atoms with Crippen molar-refractivity contribution in [1.82, 2.24) is 15.5 Å². The van der Waals surface area contributed by atoms with Gasteiger partial charge in [0.05, 0.1) is 30.0 Å². The van der Waals surface area contributed by atoms with Crippen molar-refractivity contribution in [1.29, 1.82) is 0 Å². The monoisotopic (exact) mass is 630 g/mol. The van der Waals surface area contributed by atoms with Crippen molar-refractivity contribution >= 4 is 38.6 Å². The smallest absolute Gasteiger partial charge is 0.468 e. The second-order valence-corrected chi connectivity index (χ2v) is 11.6. The summed E-state index contributed by atoms with van der Waals surface area (Å²) in [5.74, 6) is -0.395. The summed E-state index contributed by atoms with van der Waals surface area (Å²) in [7, 11) is 1.26. The molecule has 1 saturated carbocycles. The fourth-order valence-electron chi connectivity index (χ4n) is 5.15. The minimum Gasteiger partial charge on any atom is -0.468 e. The van der Waals surface area contributed by atoms with Gasteiger partial charge in [0.1, 0.15) is 23.7 Å². The lowest BCUT2D eigenvalue weighted by Crippen LogP contribution is -2.36. The van der Waals surface area contributed by atoms with E-state index in [-0.39, 0.29) is 42.4 Å². The van der Waals surface area contributed by atoms with Crippen LogP contribution in [0, 0.1) is 0 Å². The fraction of sp³-hybridized carbons (Fsp3) is 0.400. The van der Waals surface area contributed by atoms with Gasteiger partial charge >= 0.3 is 12.3 Å². The van der Waals surface area contributed by atoms with Crippen LogP contribution >= 0.6 is 11.3 Å². The van der Waals surface area contributed by atoms with E-state index in [9.17, 15) is 22.8 Å². The second kappa shape index (κ2) is 12.4. The topological polar surface area (TPSA) is 116 Å². The highest BCUT2D eigenvalue weighted by atomic mass is 32.1. The maximum Gasteiger partial charge on any atom is 0.573 e. The average Bonchev–Trinajstić information content (AvgIpc) is 3.63. The average molecular weight is 631 g/mol. The van der Waals surface area contributed by atoms with Crippen LogP contribution in [-0.2, 0) is 20.9 Å². The first-order valence-corrected chi connectivity index (χ1v) is 15.0. The third-order valence-electron chi connectivity index (χ3n) is 7.57. The fourth-order valence-corrected chi connectivity index (χ4v) is 6.20. The number of fused-ring (bicyclic) bond motifs is 1. The normalized spacial score (nSPS) is 15.9. The van der Waals surface area contributed by atoms with E-state index in [0.29, 0.717) is 35.7 Å². The molecule has 0 radical (unpaired) electrons. The Hall–Kier alpha value is -4.17. The lowest BCUT2D eigenvalue weighted by Gasteiger charge is -2.31. The number of nitrogens with one attached hydrogen (secondary N) is 1. The van der Waals surface area contributed by atoms with Crippen LogP contribution in [0.25, 0.3) is 21.5 Å². The van der Waals surface area contributed by atoms with Crippen molar-refractivity contribution in [2.45, 2.75) is 50.7 Å². The number of hydrogen-bond acceptors (Lipinski definition) is 10. The number of methoxy groups -OCH3 is 1. The van der Waals surface area contributed by atoms with E-state index >= 15 is 0 Å². The number of para-hydroxylation sites is 1. The van der Waals surface area contributed by atoms with Gasteiger partial charge in [-0.25, -0.2) is 4.98 Å². The maximum atomic E-state index is 13.1. The van der Waals surface area contributed by atoms with Crippen molar-refractivity contribution < 1.29 is 41.5 Å². The molecule has 2 aliphatic rings. The van der Waals surface area contributed by atoms with E-state index in [1.165, 1.54) is 36.6 Å². The van der Waals surface area contributed by atoms with Crippen molar-refractivity contribution in [3.63, 3.8) is 0 Å². The van der Waals surface area contributed by atoms with Crippen LogP contribution < -0.4 is 15.0 Å². The summed E-state index contributed by atoms with van der Waals surface area (Å²) < 4.78 is 60.8. The van der Waals surface area contributed by atoms with Crippen molar-refractivity contribution in [2.24, 2.45) is 0 Å². The second-order valence-electron chi connectivity index (χ2n) is 10.6. The van der Waals surface area contributed by atoms with Gasteiger partial charge in [-0.3, -0.25) is 9.59 Å². The molecule has 44 heavy (non-hydrogen) atoms. The zero-order chi connectivity index (χ0) is 30.8. The van der Waals surface area contributed by atoms with Crippen molar-refractivity contribution in [3.8, 4) is 17.0 Å². The summed E-state index contributed by atoms with van der Waals surface area (Å²) in [6.07, 6.45) is -1.59. The first-order valence-electron chi connectivity index (χ1n) is 14.1. The van der Waals surface area contributed by atoms with E-state index < -0.39 is 12.3 Å². The number of benzene rings is 2. The highest BCUT2D eigenvalue weighted by Gasteiger charge is 2.36. The number of carbonyl (C=O) groups is 2. The van der Waals surface area contributed by atoms with Crippen LogP contribution in [0.2, 0.25) is 0 Å². The molecule has 0 atom stereocenters. The zero-order valence-corrected chi connectivity index (χ0v) is 24.5. The van der Waals surface area contributed by atoms with Crippen LogP contribution in [0.5, 0.6) is 5.75 Å². The molecule has 1 aliphatic carbocycles. The van der Waals surface area contributed by atoms with Gasteiger partial charge in [0, 0.05) is 35.7 Å². The molecule has 1 N–H and O–H groups in total. The minimum absolute atomic E-state index is 0.0674. The Bertz CT molecular complexity index is 1660. The summed E-state index contributed by atoms with van der Waals surface area (Å²) in [6, 6.07) is 11.1. The Kier molecular flexibility index (Phi) is 8.45.